The van der Waals surface area contributed by atoms with Crippen molar-refractivity contribution in [2.45, 2.75) is 6.42 Å². The van der Waals surface area contributed by atoms with Crippen molar-refractivity contribution in [2.24, 2.45) is 5.73 Å². The first-order valence-corrected chi connectivity index (χ1v) is 8.66. The molecule has 0 amide bonds. The highest BCUT2D eigenvalue weighted by molar-refractivity contribution is 6.30. The molecule has 0 fully saturated rings. The summed E-state index contributed by atoms with van der Waals surface area (Å²) >= 11 is 6.20. The Hall–Kier alpha value is -2.62. The fourth-order valence-corrected chi connectivity index (χ4v) is 3.30. The van der Waals surface area contributed by atoms with Gasteiger partial charge in [0.05, 0.1) is 16.4 Å². The summed E-state index contributed by atoms with van der Waals surface area (Å²) in [5.74, 6) is 0. The molecule has 2 heterocycles. The lowest BCUT2D eigenvalue weighted by molar-refractivity contribution is 0.939. The normalized spacial score (nSPS) is 11.1. The van der Waals surface area contributed by atoms with E-state index in [0.717, 1.165) is 29.0 Å². The molecule has 0 saturated carbocycles. The number of benzene rings is 2. The Balaban J connectivity index is 1.83. The lowest BCUT2D eigenvalue weighted by Gasteiger charge is -2.07. The van der Waals surface area contributed by atoms with E-state index in [9.17, 15) is 0 Å². The smallest absolute Gasteiger partial charge is 0.137 e. The van der Waals surface area contributed by atoms with Gasteiger partial charge in [0.1, 0.15) is 5.65 Å². The van der Waals surface area contributed by atoms with Crippen LogP contribution in [0.25, 0.3) is 28.0 Å². The number of aromatic nitrogens is 2. The van der Waals surface area contributed by atoms with Crippen molar-refractivity contribution in [3.05, 3.63) is 83.6 Å². The molecule has 4 aromatic rings. The van der Waals surface area contributed by atoms with Gasteiger partial charge in [0.2, 0.25) is 0 Å². The summed E-state index contributed by atoms with van der Waals surface area (Å²) in [4.78, 5) is 4.72. The van der Waals surface area contributed by atoms with Crippen LogP contribution in [0.2, 0.25) is 5.02 Å². The van der Waals surface area contributed by atoms with Crippen molar-refractivity contribution >= 4 is 17.2 Å². The average Bonchev–Trinajstić information content (AvgIpc) is 3.00. The topological polar surface area (TPSA) is 43.3 Å². The van der Waals surface area contributed by atoms with Gasteiger partial charge < -0.3 is 5.73 Å². The maximum atomic E-state index is 6.20. The van der Waals surface area contributed by atoms with E-state index < -0.39 is 0 Å². The van der Waals surface area contributed by atoms with E-state index in [4.69, 9.17) is 22.3 Å². The van der Waals surface area contributed by atoms with Crippen LogP contribution in [-0.4, -0.2) is 15.9 Å². The van der Waals surface area contributed by atoms with Crippen molar-refractivity contribution in [2.75, 3.05) is 6.54 Å². The van der Waals surface area contributed by atoms with E-state index in [1.54, 1.807) is 0 Å². The quantitative estimate of drug-likeness (QED) is 0.575. The van der Waals surface area contributed by atoms with Gasteiger partial charge in [-0.1, -0.05) is 66.2 Å². The van der Waals surface area contributed by atoms with Crippen LogP contribution < -0.4 is 5.73 Å². The van der Waals surface area contributed by atoms with Crippen LogP contribution in [0.3, 0.4) is 0 Å². The second kappa shape index (κ2) is 6.71. The zero-order chi connectivity index (χ0) is 17.2. The molecule has 0 aliphatic rings. The minimum absolute atomic E-state index is 0.562. The van der Waals surface area contributed by atoms with Crippen molar-refractivity contribution < 1.29 is 0 Å². The van der Waals surface area contributed by atoms with E-state index in [1.165, 1.54) is 11.1 Å². The molecule has 0 atom stereocenters. The van der Waals surface area contributed by atoms with Gasteiger partial charge in [-0.25, -0.2) is 4.98 Å². The van der Waals surface area contributed by atoms with Crippen LogP contribution >= 0.6 is 11.6 Å². The van der Waals surface area contributed by atoms with Gasteiger partial charge in [0.15, 0.2) is 0 Å². The van der Waals surface area contributed by atoms with Crippen LogP contribution in [0, 0.1) is 0 Å². The summed E-state index contributed by atoms with van der Waals surface area (Å²) in [7, 11) is 0. The van der Waals surface area contributed by atoms with Crippen LogP contribution in [0.1, 0.15) is 5.69 Å². The standard InChI is InChI=1S/C21H18ClN3/c22-18-10-11-20-24-19(12-13-23)21(25(20)14-18)17-8-6-16(7-9-17)15-4-2-1-3-5-15/h1-11,14H,12-13,23H2. The third-order valence-corrected chi connectivity index (χ3v) is 4.52. The minimum atomic E-state index is 0.562. The third-order valence-electron chi connectivity index (χ3n) is 4.30. The zero-order valence-electron chi connectivity index (χ0n) is 13.7. The van der Waals surface area contributed by atoms with Crippen LogP contribution in [0.15, 0.2) is 72.9 Å². The second-order valence-electron chi connectivity index (χ2n) is 5.96. The molecule has 3 nitrogen and oxygen atoms in total. The second-order valence-corrected chi connectivity index (χ2v) is 6.40. The van der Waals surface area contributed by atoms with Crippen molar-refractivity contribution in [3.8, 4) is 22.4 Å². The summed E-state index contributed by atoms with van der Waals surface area (Å²) in [6.45, 7) is 0.562. The highest BCUT2D eigenvalue weighted by Crippen LogP contribution is 2.29. The first-order valence-electron chi connectivity index (χ1n) is 8.28. The Kier molecular flexibility index (Phi) is 4.26. The Morgan fingerprint density at radius 2 is 1.52 bits per heavy atom. The van der Waals surface area contributed by atoms with Gasteiger partial charge in [-0.05, 0) is 29.8 Å². The van der Waals surface area contributed by atoms with Gasteiger partial charge >= 0.3 is 0 Å². The number of nitrogens with zero attached hydrogens (tertiary/aromatic N) is 2. The number of pyridine rings is 1. The molecule has 0 saturated heterocycles. The average molecular weight is 348 g/mol. The Bertz CT molecular complexity index is 1000. The maximum Gasteiger partial charge on any atom is 0.137 e. The summed E-state index contributed by atoms with van der Waals surface area (Å²) < 4.78 is 2.05. The lowest BCUT2D eigenvalue weighted by Crippen LogP contribution is -2.04. The molecule has 0 spiro atoms. The zero-order valence-corrected chi connectivity index (χ0v) is 14.4. The van der Waals surface area contributed by atoms with E-state index >= 15 is 0 Å². The highest BCUT2D eigenvalue weighted by atomic mass is 35.5. The summed E-state index contributed by atoms with van der Waals surface area (Å²) in [6, 6.07) is 22.7. The van der Waals surface area contributed by atoms with Crippen molar-refractivity contribution in [3.63, 3.8) is 0 Å². The van der Waals surface area contributed by atoms with Gasteiger partial charge in [-0.15, -0.1) is 0 Å². The Labute approximate surface area is 151 Å². The molecular weight excluding hydrogens is 330 g/mol. The number of fused-ring (bicyclic) bond motifs is 1. The molecule has 0 radical (unpaired) electrons. The van der Waals surface area contributed by atoms with Gasteiger partial charge in [-0.2, -0.15) is 0 Å². The van der Waals surface area contributed by atoms with Crippen LogP contribution in [-0.2, 0) is 6.42 Å². The van der Waals surface area contributed by atoms with Gasteiger partial charge in [0, 0.05) is 18.2 Å². The monoisotopic (exact) mass is 347 g/mol. The van der Waals surface area contributed by atoms with Gasteiger partial charge in [-0.3, -0.25) is 4.40 Å². The number of nitrogens with two attached hydrogens (primary N) is 1. The minimum Gasteiger partial charge on any atom is -0.330 e. The molecule has 0 unspecified atom stereocenters. The van der Waals surface area contributed by atoms with Crippen molar-refractivity contribution in [1.82, 2.24) is 9.38 Å². The predicted octanol–water partition coefficient (Wildman–Crippen LogP) is 4.82. The van der Waals surface area contributed by atoms with E-state index in [0.29, 0.717) is 11.6 Å². The van der Waals surface area contributed by atoms with Crippen LogP contribution in [0.4, 0.5) is 0 Å². The summed E-state index contributed by atoms with van der Waals surface area (Å²) in [5.41, 5.74) is 12.2. The fraction of sp³-hybridized carbons (Fsp3) is 0.0952. The molecule has 2 aromatic heterocycles. The largest absolute Gasteiger partial charge is 0.330 e. The lowest BCUT2D eigenvalue weighted by atomic mass is 10.0. The first kappa shape index (κ1) is 15.9. The molecule has 4 heteroatoms. The third kappa shape index (κ3) is 3.04. The molecule has 2 N–H and O–H groups in total. The summed E-state index contributed by atoms with van der Waals surface area (Å²) in [5, 5.41) is 0.686. The van der Waals surface area contributed by atoms with Crippen molar-refractivity contribution in [1.29, 1.82) is 0 Å². The molecule has 0 bridgehead atoms. The molecule has 4 rings (SSSR count). The SMILES string of the molecule is NCCc1nc2ccc(Cl)cn2c1-c1ccc(-c2ccccc2)cc1. The first-order chi connectivity index (χ1) is 12.3. The highest BCUT2D eigenvalue weighted by Gasteiger charge is 2.14. The summed E-state index contributed by atoms with van der Waals surface area (Å²) in [6.07, 6.45) is 2.64. The predicted molar refractivity (Wildman–Crippen MR) is 104 cm³/mol. The molecule has 124 valence electrons. The Morgan fingerprint density at radius 1 is 0.840 bits per heavy atom. The molecule has 25 heavy (non-hydrogen) atoms. The van der Waals surface area contributed by atoms with Gasteiger partial charge in [0.25, 0.3) is 0 Å². The number of hydrogen-bond donors (Lipinski definition) is 1. The number of halogens is 1. The van der Waals surface area contributed by atoms with E-state index in [1.807, 2.05) is 28.8 Å². The van der Waals surface area contributed by atoms with Crippen LogP contribution in [0.5, 0.6) is 0 Å². The van der Waals surface area contributed by atoms with E-state index in [2.05, 4.69) is 48.5 Å². The maximum absolute atomic E-state index is 6.20. The number of rotatable bonds is 4. The molecular formula is C21H18ClN3. The molecule has 2 aromatic carbocycles. The van der Waals surface area contributed by atoms with E-state index in [-0.39, 0.29) is 0 Å². The fourth-order valence-electron chi connectivity index (χ4n) is 3.14. The molecule has 0 aliphatic carbocycles. The molecule has 0 aliphatic heterocycles. The number of imidazole rings is 1. The number of hydrogen-bond acceptors (Lipinski definition) is 2. The Morgan fingerprint density at radius 3 is 2.24 bits per heavy atom.